The highest BCUT2D eigenvalue weighted by atomic mass is 16.5. The predicted octanol–water partition coefficient (Wildman–Crippen LogP) is 7.19. The average molecular weight is 447 g/mol. The number of carbonyl (C=O) groups excluding carboxylic acids is 1. The first-order valence-corrected chi connectivity index (χ1v) is 11.1. The first kappa shape index (κ1) is 24.4. The van der Waals surface area contributed by atoms with Crippen LogP contribution in [0.15, 0.2) is 60.7 Å². The van der Waals surface area contributed by atoms with Crippen molar-refractivity contribution in [3.05, 3.63) is 77.4 Å². The van der Waals surface area contributed by atoms with Crippen LogP contribution in [0.5, 0.6) is 17.2 Å². The number of carbonyl (C=O) groups is 1. The van der Waals surface area contributed by atoms with Crippen molar-refractivity contribution in [3.8, 4) is 28.4 Å². The molecule has 0 N–H and O–H groups in total. The SMILES string of the molecule is COc1cc(C(C)(C)C)c(OC(=O)c2cccc(OC)c2-c2ccccc2)c(C(C)(C)C)c1. The first-order chi connectivity index (χ1) is 15.5. The summed E-state index contributed by atoms with van der Waals surface area (Å²) in [6.07, 6.45) is 0. The van der Waals surface area contributed by atoms with Gasteiger partial charge in [-0.3, -0.25) is 0 Å². The second kappa shape index (κ2) is 9.30. The van der Waals surface area contributed by atoms with E-state index in [4.69, 9.17) is 14.2 Å². The van der Waals surface area contributed by atoms with E-state index in [9.17, 15) is 4.79 Å². The van der Waals surface area contributed by atoms with Crippen LogP contribution in [0.2, 0.25) is 0 Å². The van der Waals surface area contributed by atoms with Gasteiger partial charge in [-0.15, -0.1) is 0 Å². The fourth-order valence-electron chi connectivity index (χ4n) is 3.87. The lowest BCUT2D eigenvalue weighted by atomic mass is 9.79. The van der Waals surface area contributed by atoms with Gasteiger partial charge in [0.1, 0.15) is 17.2 Å². The van der Waals surface area contributed by atoms with Crippen LogP contribution in [0, 0.1) is 0 Å². The number of hydrogen-bond acceptors (Lipinski definition) is 4. The Hall–Kier alpha value is -3.27. The van der Waals surface area contributed by atoms with Gasteiger partial charge in [0.2, 0.25) is 0 Å². The van der Waals surface area contributed by atoms with Crippen molar-refractivity contribution >= 4 is 5.97 Å². The molecule has 33 heavy (non-hydrogen) atoms. The van der Waals surface area contributed by atoms with Crippen LogP contribution < -0.4 is 14.2 Å². The molecule has 0 saturated heterocycles. The predicted molar refractivity (Wildman–Crippen MR) is 134 cm³/mol. The molecule has 0 aliphatic carbocycles. The lowest BCUT2D eigenvalue weighted by Crippen LogP contribution is -2.22. The Kier molecular flexibility index (Phi) is 6.87. The lowest BCUT2D eigenvalue weighted by molar-refractivity contribution is 0.0729. The number of ether oxygens (including phenoxy) is 3. The minimum absolute atomic E-state index is 0.263. The van der Waals surface area contributed by atoms with Gasteiger partial charge in [-0.05, 0) is 40.7 Å². The minimum atomic E-state index is -0.422. The van der Waals surface area contributed by atoms with Crippen LogP contribution in [0.4, 0.5) is 0 Å². The molecular weight excluding hydrogens is 412 g/mol. The first-order valence-electron chi connectivity index (χ1n) is 11.1. The molecule has 4 nitrogen and oxygen atoms in total. The van der Waals surface area contributed by atoms with Crippen LogP contribution in [-0.4, -0.2) is 20.2 Å². The second-order valence-electron chi connectivity index (χ2n) is 10.2. The molecule has 0 aliphatic heterocycles. The van der Waals surface area contributed by atoms with E-state index in [1.807, 2.05) is 54.6 Å². The summed E-state index contributed by atoms with van der Waals surface area (Å²) < 4.78 is 17.4. The van der Waals surface area contributed by atoms with Crippen molar-refractivity contribution in [2.75, 3.05) is 14.2 Å². The maximum absolute atomic E-state index is 13.7. The van der Waals surface area contributed by atoms with Gasteiger partial charge in [0.25, 0.3) is 0 Å². The third kappa shape index (κ3) is 5.22. The standard InChI is InChI=1S/C29H34O4/c1-28(2,3)22-17-20(31-7)18-23(29(4,5)6)26(22)33-27(30)21-15-12-16-24(32-8)25(21)19-13-10-9-11-14-19/h9-18H,1-8H3. The Morgan fingerprint density at radius 1 is 0.727 bits per heavy atom. The molecule has 4 heteroatoms. The van der Waals surface area contributed by atoms with Crippen LogP contribution in [0.1, 0.15) is 63.0 Å². The van der Waals surface area contributed by atoms with E-state index in [0.717, 1.165) is 22.4 Å². The van der Waals surface area contributed by atoms with Crippen molar-refractivity contribution in [2.45, 2.75) is 52.4 Å². The molecule has 0 saturated carbocycles. The van der Waals surface area contributed by atoms with Gasteiger partial charge in [0.15, 0.2) is 0 Å². The molecular formula is C29H34O4. The van der Waals surface area contributed by atoms with Gasteiger partial charge in [-0.25, -0.2) is 4.79 Å². The summed E-state index contributed by atoms with van der Waals surface area (Å²) in [5, 5.41) is 0. The van der Waals surface area contributed by atoms with E-state index in [-0.39, 0.29) is 10.8 Å². The topological polar surface area (TPSA) is 44.8 Å². The van der Waals surface area contributed by atoms with Gasteiger partial charge in [0, 0.05) is 16.7 Å². The third-order valence-electron chi connectivity index (χ3n) is 5.64. The third-order valence-corrected chi connectivity index (χ3v) is 5.64. The van der Waals surface area contributed by atoms with Crippen molar-refractivity contribution < 1.29 is 19.0 Å². The summed E-state index contributed by atoms with van der Waals surface area (Å²) >= 11 is 0. The maximum atomic E-state index is 13.7. The molecule has 0 aromatic heterocycles. The monoisotopic (exact) mass is 446 g/mol. The Balaban J connectivity index is 2.20. The highest BCUT2D eigenvalue weighted by Crippen LogP contribution is 2.43. The maximum Gasteiger partial charge on any atom is 0.344 e. The van der Waals surface area contributed by atoms with E-state index in [2.05, 4.69) is 41.5 Å². The van der Waals surface area contributed by atoms with Gasteiger partial charge in [-0.1, -0.05) is 77.9 Å². The molecule has 0 bridgehead atoms. The zero-order chi connectivity index (χ0) is 24.4. The highest BCUT2D eigenvalue weighted by molar-refractivity contribution is 6.00. The quantitative estimate of drug-likeness (QED) is 0.307. The fraction of sp³-hybridized carbons (Fsp3) is 0.345. The lowest BCUT2D eigenvalue weighted by Gasteiger charge is -2.30. The van der Waals surface area contributed by atoms with Crippen LogP contribution in [0.3, 0.4) is 0 Å². The van der Waals surface area contributed by atoms with Crippen molar-refractivity contribution in [1.29, 1.82) is 0 Å². The summed E-state index contributed by atoms with van der Waals surface area (Å²) in [6.45, 7) is 12.6. The molecule has 3 rings (SSSR count). The smallest absolute Gasteiger partial charge is 0.344 e. The van der Waals surface area contributed by atoms with Gasteiger partial charge in [-0.2, -0.15) is 0 Å². The average Bonchev–Trinajstić information content (AvgIpc) is 2.77. The van der Waals surface area contributed by atoms with E-state index >= 15 is 0 Å². The minimum Gasteiger partial charge on any atom is -0.497 e. The number of esters is 1. The van der Waals surface area contributed by atoms with E-state index in [0.29, 0.717) is 22.6 Å². The Bertz CT molecular complexity index is 1100. The van der Waals surface area contributed by atoms with Crippen molar-refractivity contribution in [3.63, 3.8) is 0 Å². The molecule has 3 aromatic rings. The van der Waals surface area contributed by atoms with Crippen LogP contribution in [0.25, 0.3) is 11.1 Å². The summed E-state index contributed by atoms with van der Waals surface area (Å²) in [6, 6.07) is 19.1. The normalized spacial score (nSPS) is 11.8. The molecule has 174 valence electrons. The summed E-state index contributed by atoms with van der Waals surface area (Å²) in [5.41, 5.74) is 3.38. The Morgan fingerprint density at radius 2 is 1.30 bits per heavy atom. The van der Waals surface area contributed by atoms with Crippen LogP contribution >= 0.6 is 0 Å². The molecule has 3 aromatic carbocycles. The summed E-state index contributed by atoms with van der Waals surface area (Å²) in [7, 11) is 3.26. The van der Waals surface area contributed by atoms with Crippen molar-refractivity contribution in [2.24, 2.45) is 0 Å². The van der Waals surface area contributed by atoms with Gasteiger partial charge in [0.05, 0.1) is 19.8 Å². The van der Waals surface area contributed by atoms with Gasteiger partial charge < -0.3 is 14.2 Å². The van der Waals surface area contributed by atoms with E-state index < -0.39 is 5.97 Å². The molecule has 0 radical (unpaired) electrons. The summed E-state index contributed by atoms with van der Waals surface area (Å²) in [5.74, 6) is 1.53. The molecule has 0 atom stereocenters. The Labute approximate surface area is 197 Å². The van der Waals surface area contributed by atoms with E-state index in [1.165, 1.54) is 0 Å². The van der Waals surface area contributed by atoms with Crippen molar-refractivity contribution in [1.82, 2.24) is 0 Å². The molecule has 0 unspecified atom stereocenters. The zero-order valence-corrected chi connectivity index (χ0v) is 20.9. The van der Waals surface area contributed by atoms with Gasteiger partial charge >= 0.3 is 5.97 Å². The van der Waals surface area contributed by atoms with Crippen LogP contribution in [-0.2, 0) is 10.8 Å². The summed E-state index contributed by atoms with van der Waals surface area (Å²) in [4.78, 5) is 13.7. The molecule has 0 aliphatic rings. The number of benzene rings is 3. The molecule has 0 amide bonds. The Morgan fingerprint density at radius 3 is 1.79 bits per heavy atom. The molecule has 0 fully saturated rings. The largest absolute Gasteiger partial charge is 0.497 e. The number of hydrogen-bond donors (Lipinski definition) is 0. The number of rotatable bonds is 5. The fourth-order valence-corrected chi connectivity index (χ4v) is 3.87. The highest BCUT2D eigenvalue weighted by Gasteiger charge is 2.30. The molecule has 0 spiro atoms. The zero-order valence-electron chi connectivity index (χ0n) is 20.9. The second-order valence-corrected chi connectivity index (χ2v) is 10.2. The number of methoxy groups -OCH3 is 2. The van der Waals surface area contributed by atoms with E-state index in [1.54, 1.807) is 20.3 Å². The molecule has 0 heterocycles.